The molecule has 0 saturated heterocycles. The van der Waals surface area contributed by atoms with Crippen LogP contribution < -0.4 is 15.4 Å². The predicted octanol–water partition coefficient (Wildman–Crippen LogP) is 4.18. The molecular formula is C18H15ClN4O3S2. The lowest BCUT2D eigenvalue weighted by Crippen LogP contribution is -2.13. The lowest BCUT2D eigenvalue weighted by atomic mass is 10.2. The van der Waals surface area contributed by atoms with Crippen molar-refractivity contribution in [2.75, 3.05) is 23.5 Å². The number of thioether (sulfide) groups is 1. The number of ether oxygens (including phenoxy) is 1. The number of halogens is 1. The Balaban J connectivity index is 1.51. The summed E-state index contributed by atoms with van der Waals surface area (Å²) in [6.45, 7) is 0. The summed E-state index contributed by atoms with van der Waals surface area (Å²) in [4.78, 5) is 24.3. The van der Waals surface area contributed by atoms with Crippen LogP contribution in [0.4, 0.5) is 10.8 Å². The van der Waals surface area contributed by atoms with Gasteiger partial charge in [0, 0.05) is 22.3 Å². The van der Waals surface area contributed by atoms with Crippen molar-refractivity contribution in [2.45, 2.75) is 4.34 Å². The first-order valence-corrected chi connectivity index (χ1v) is 10.2. The van der Waals surface area contributed by atoms with Crippen molar-refractivity contribution in [3.63, 3.8) is 0 Å². The monoisotopic (exact) mass is 434 g/mol. The van der Waals surface area contributed by atoms with E-state index in [0.717, 1.165) is 0 Å². The zero-order valence-electron chi connectivity index (χ0n) is 14.6. The molecule has 0 atom stereocenters. The maximum Gasteiger partial charge on any atom is 0.257 e. The van der Waals surface area contributed by atoms with Gasteiger partial charge >= 0.3 is 0 Å². The molecule has 144 valence electrons. The normalized spacial score (nSPS) is 10.4. The second-order valence-corrected chi connectivity index (χ2v) is 8.04. The minimum Gasteiger partial charge on any atom is -0.497 e. The van der Waals surface area contributed by atoms with Crippen molar-refractivity contribution in [1.82, 2.24) is 10.2 Å². The average molecular weight is 435 g/mol. The smallest absolute Gasteiger partial charge is 0.257 e. The molecule has 10 heteroatoms. The number of amides is 2. The van der Waals surface area contributed by atoms with Gasteiger partial charge in [-0.1, -0.05) is 46.8 Å². The van der Waals surface area contributed by atoms with E-state index in [1.54, 1.807) is 55.6 Å². The zero-order chi connectivity index (χ0) is 19.9. The van der Waals surface area contributed by atoms with Crippen molar-refractivity contribution in [2.24, 2.45) is 0 Å². The number of aromatic nitrogens is 2. The van der Waals surface area contributed by atoms with E-state index in [2.05, 4.69) is 20.8 Å². The van der Waals surface area contributed by atoms with Gasteiger partial charge < -0.3 is 10.1 Å². The van der Waals surface area contributed by atoms with Gasteiger partial charge in [-0.3, -0.25) is 14.9 Å². The molecule has 0 radical (unpaired) electrons. The van der Waals surface area contributed by atoms with Gasteiger partial charge in [-0.15, -0.1) is 10.2 Å². The molecular weight excluding hydrogens is 420 g/mol. The van der Waals surface area contributed by atoms with E-state index in [9.17, 15) is 9.59 Å². The van der Waals surface area contributed by atoms with Crippen molar-refractivity contribution in [1.29, 1.82) is 0 Å². The molecule has 28 heavy (non-hydrogen) atoms. The van der Waals surface area contributed by atoms with Crippen LogP contribution in [-0.4, -0.2) is 34.9 Å². The van der Waals surface area contributed by atoms with E-state index in [0.29, 0.717) is 31.5 Å². The Labute approximate surface area is 174 Å². The Kier molecular flexibility index (Phi) is 6.85. The van der Waals surface area contributed by atoms with Crippen molar-refractivity contribution >= 4 is 57.3 Å². The molecule has 0 bridgehead atoms. The minimum atomic E-state index is -0.328. The molecule has 2 aromatic carbocycles. The summed E-state index contributed by atoms with van der Waals surface area (Å²) in [7, 11) is 1.56. The van der Waals surface area contributed by atoms with Crippen LogP contribution in [0, 0.1) is 0 Å². The summed E-state index contributed by atoms with van der Waals surface area (Å²) in [6.07, 6.45) is 0. The van der Waals surface area contributed by atoms with Crippen LogP contribution in [0.3, 0.4) is 0 Å². The van der Waals surface area contributed by atoms with Crippen LogP contribution in [0.2, 0.25) is 5.02 Å². The van der Waals surface area contributed by atoms with Gasteiger partial charge in [-0.25, -0.2) is 0 Å². The molecule has 3 aromatic rings. The first-order valence-electron chi connectivity index (χ1n) is 8.00. The second kappa shape index (κ2) is 9.54. The third-order valence-corrected chi connectivity index (χ3v) is 5.60. The van der Waals surface area contributed by atoms with E-state index in [1.165, 1.54) is 23.1 Å². The number of anilines is 2. The van der Waals surface area contributed by atoms with Gasteiger partial charge in [0.25, 0.3) is 5.91 Å². The number of benzene rings is 2. The van der Waals surface area contributed by atoms with Crippen LogP contribution in [0.5, 0.6) is 5.75 Å². The quantitative estimate of drug-likeness (QED) is 0.428. The van der Waals surface area contributed by atoms with Crippen molar-refractivity contribution < 1.29 is 14.3 Å². The Morgan fingerprint density at radius 3 is 2.75 bits per heavy atom. The van der Waals surface area contributed by atoms with Crippen LogP contribution in [-0.2, 0) is 4.79 Å². The molecule has 0 spiro atoms. The van der Waals surface area contributed by atoms with Gasteiger partial charge in [-0.05, 0) is 30.3 Å². The first-order chi connectivity index (χ1) is 13.5. The van der Waals surface area contributed by atoms with Gasteiger partial charge in [0.05, 0.1) is 12.9 Å². The van der Waals surface area contributed by atoms with Crippen LogP contribution in [0.1, 0.15) is 10.4 Å². The summed E-state index contributed by atoms with van der Waals surface area (Å²) < 4.78 is 5.70. The number of rotatable bonds is 7. The molecule has 0 saturated carbocycles. The summed E-state index contributed by atoms with van der Waals surface area (Å²) >= 11 is 8.31. The molecule has 3 rings (SSSR count). The Morgan fingerprint density at radius 1 is 1.14 bits per heavy atom. The predicted molar refractivity (Wildman–Crippen MR) is 112 cm³/mol. The zero-order valence-corrected chi connectivity index (χ0v) is 17.0. The average Bonchev–Trinajstić information content (AvgIpc) is 3.14. The maximum atomic E-state index is 12.2. The van der Waals surface area contributed by atoms with Gasteiger partial charge in [-0.2, -0.15) is 0 Å². The molecule has 0 aliphatic carbocycles. The number of nitrogens with one attached hydrogen (secondary N) is 2. The van der Waals surface area contributed by atoms with E-state index < -0.39 is 0 Å². The summed E-state index contributed by atoms with van der Waals surface area (Å²) in [6, 6.07) is 13.7. The molecule has 0 unspecified atom stereocenters. The fraction of sp³-hybridized carbons (Fsp3) is 0.111. The SMILES string of the molecule is COc1cccc(NC(=O)CSc2nnc(NC(=O)c3cccc(Cl)c3)s2)c1. The molecule has 0 aliphatic rings. The topological polar surface area (TPSA) is 93.2 Å². The third kappa shape index (κ3) is 5.69. The molecule has 0 aliphatic heterocycles. The maximum absolute atomic E-state index is 12.2. The number of nitrogens with zero attached hydrogens (tertiary/aromatic N) is 2. The van der Waals surface area contributed by atoms with E-state index >= 15 is 0 Å². The highest BCUT2D eigenvalue weighted by atomic mass is 35.5. The van der Waals surface area contributed by atoms with E-state index in [-0.39, 0.29) is 17.6 Å². The standard InChI is InChI=1S/C18H15ClN4O3S2/c1-26-14-7-3-6-13(9-14)20-15(24)10-27-18-23-22-17(28-18)21-16(25)11-4-2-5-12(19)8-11/h2-9H,10H2,1H3,(H,20,24)(H,21,22,25). The molecule has 0 fully saturated rings. The summed E-state index contributed by atoms with van der Waals surface area (Å²) in [5, 5.41) is 14.2. The number of carbonyl (C=O) groups excluding carboxylic acids is 2. The highest BCUT2D eigenvalue weighted by Gasteiger charge is 2.12. The van der Waals surface area contributed by atoms with Crippen molar-refractivity contribution in [3.8, 4) is 5.75 Å². The molecule has 2 N–H and O–H groups in total. The molecule has 1 heterocycles. The second-order valence-electron chi connectivity index (χ2n) is 5.41. The number of methoxy groups -OCH3 is 1. The van der Waals surface area contributed by atoms with Gasteiger partial charge in [0.15, 0.2) is 4.34 Å². The van der Waals surface area contributed by atoms with Crippen LogP contribution in [0.15, 0.2) is 52.9 Å². The fourth-order valence-electron chi connectivity index (χ4n) is 2.14. The lowest BCUT2D eigenvalue weighted by Gasteiger charge is -2.06. The summed E-state index contributed by atoms with van der Waals surface area (Å²) in [5.41, 5.74) is 1.08. The lowest BCUT2D eigenvalue weighted by molar-refractivity contribution is -0.113. The fourth-order valence-corrected chi connectivity index (χ4v) is 3.88. The minimum absolute atomic E-state index is 0.161. The van der Waals surface area contributed by atoms with Crippen molar-refractivity contribution in [3.05, 3.63) is 59.1 Å². The van der Waals surface area contributed by atoms with Gasteiger partial charge in [0.1, 0.15) is 5.75 Å². The van der Waals surface area contributed by atoms with Crippen LogP contribution in [0.25, 0.3) is 0 Å². The molecule has 7 nitrogen and oxygen atoms in total. The molecule has 1 aromatic heterocycles. The highest BCUT2D eigenvalue weighted by Crippen LogP contribution is 2.26. The Morgan fingerprint density at radius 2 is 1.96 bits per heavy atom. The van der Waals surface area contributed by atoms with Gasteiger partial charge in [0.2, 0.25) is 11.0 Å². The largest absolute Gasteiger partial charge is 0.497 e. The van der Waals surface area contributed by atoms with E-state index in [4.69, 9.17) is 16.3 Å². The Hall–Kier alpha value is -2.62. The highest BCUT2D eigenvalue weighted by molar-refractivity contribution is 8.01. The number of hydrogen-bond acceptors (Lipinski definition) is 7. The summed E-state index contributed by atoms with van der Waals surface area (Å²) in [5.74, 6) is 0.312. The third-order valence-electron chi connectivity index (χ3n) is 3.39. The Bertz CT molecular complexity index is 996. The van der Waals surface area contributed by atoms with E-state index in [1.807, 2.05) is 0 Å². The molecule has 2 amide bonds. The van der Waals surface area contributed by atoms with Crippen LogP contribution >= 0.6 is 34.7 Å². The number of carbonyl (C=O) groups is 2. The number of hydrogen-bond donors (Lipinski definition) is 2. The first kappa shape index (κ1) is 20.1.